The smallest absolute Gasteiger partial charge is 0.222 e. The Kier molecular flexibility index (Phi) is 10.8. The molecular weight excluding hydrogens is 226 g/mol. The van der Waals surface area contributed by atoms with Crippen molar-refractivity contribution in [2.24, 2.45) is 0 Å². The second-order valence-electron chi connectivity index (χ2n) is 5.13. The monoisotopic (exact) mass is 255 g/mol. The number of carbonyl (C=O) groups excluding carboxylic acids is 1. The number of rotatable bonds is 5. The van der Waals surface area contributed by atoms with Crippen LogP contribution in [0, 0.1) is 0 Å². The Morgan fingerprint density at radius 3 is 2.17 bits per heavy atom. The predicted molar refractivity (Wildman–Crippen MR) is 76.6 cm³/mol. The molecule has 0 aromatic carbocycles. The Morgan fingerprint density at radius 2 is 1.78 bits per heavy atom. The molecule has 0 spiro atoms. The van der Waals surface area contributed by atoms with Crippen molar-refractivity contribution in [1.82, 2.24) is 4.90 Å². The van der Waals surface area contributed by atoms with E-state index < -0.39 is 0 Å². The van der Waals surface area contributed by atoms with Crippen molar-refractivity contribution < 1.29 is 9.53 Å². The molecule has 1 aliphatic rings. The first-order chi connectivity index (χ1) is 8.54. The number of unbranched alkanes of at least 4 members (excludes halogenated alkanes) is 2. The highest BCUT2D eigenvalue weighted by atomic mass is 16.5. The van der Waals surface area contributed by atoms with Crippen LogP contribution < -0.4 is 0 Å². The third-order valence-corrected chi connectivity index (χ3v) is 2.72. The van der Waals surface area contributed by atoms with E-state index in [1.54, 1.807) is 19.0 Å². The van der Waals surface area contributed by atoms with Crippen LogP contribution in [0.25, 0.3) is 0 Å². The predicted octanol–water partition coefficient (Wildman–Crippen LogP) is 3.40. The van der Waals surface area contributed by atoms with Gasteiger partial charge in [-0.05, 0) is 46.0 Å². The van der Waals surface area contributed by atoms with Crippen LogP contribution in [0.2, 0.25) is 0 Å². The van der Waals surface area contributed by atoms with Crippen LogP contribution in [-0.4, -0.2) is 38.1 Å². The zero-order chi connectivity index (χ0) is 13.8. The molecule has 3 nitrogen and oxygen atoms in total. The first-order valence-electron chi connectivity index (χ1n) is 6.95. The van der Waals surface area contributed by atoms with E-state index in [2.05, 4.69) is 19.9 Å². The van der Waals surface area contributed by atoms with Crippen LogP contribution in [-0.2, 0) is 9.53 Å². The third kappa shape index (κ3) is 11.6. The zero-order valence-electron chi connectivity index (χ0n) is 12.5. The molecule has 1 rings (SSSR count). The fourth-order valence-corrected chi connectivity index (χ4v) is 1.55. The molecule has 1 amide bonds. The molecule has 0 atom stereocenters. The summed E-state index contributed by atoms with van der Waals surface area (Å²) in [5, 5.41) is 0. The summed E-state index contributed by atoms with van der Waals surface area (Å²) in [7, 11) is 3.61. The SMILES string of the molecule is C1CCOC1.CC(C)=CCCCCC(=O)N(C)C. The van der Waals surface area contributed by atoms with E-state index in [1.807, 2.05) is 0 Å². The Hall–Kier alpha value is -0.830. The van der Waals surface area contributed by atoms with Gasteiger partial charge >= 0.3 is 0 Å². The summed E-state index contributed by atoms with van der Waals surface area (Å²) in [6.45, 7) is 6.20. The van der Waals surface area contributed by atoms with E-state index in [4.69, 9.17) is 4.74 Å². The second kappa shape index (κ2) is 11.3. The normalized spacial score (nSPS) is 13.6. The van der Waals surface area contributed by atoms with Crippen molar-refractivity contribution in [3.05, 3.63) is 11.6 Å². The summed E-state index contributed by atoms with van der Waals surface area (Å²) in [5.74, 6) is 0.234. The van der Waals surface area contributed by atoms with Crippen LogP contribution in [0.5, 0.6) is 0 Å². The molecule has 0 aliphatic carbocycles. The topological polar surface area (TPSA) is 29.5 Å². The molecule has 18 heavy (non-hydrogen) atoms. The molecule has 106 valence electrons. The minimum atomic E-state index is 0.234. The van der Waals surface area contributed by atoms with Crippen molar-refractivity contribution in [3.63, 3.8) is 0 Å². The molecule has 3 heteroatoms. The van der Waals surface area contributed by atoms with Gasteiger partial charge in [-0.2, -0.15) is 0 Å². The maximum atomic E-state index is 11.2. The third-order valence-electron chi connectivity index (χ3n) is 2.72. The van der Waals surface area contributed by atoms with E-state index in [9.17, 15) is 4.79 Å². The van der Waals surface area contributed by atoms with Gasteiger partial charge in [-0.25, -0.2) is 0 Å². The number of amides is 1. The van der Waals surface area contributed by atoms with Crippen LogP contribution in [0.15, 0.2) is 11.6 Å². The number of nitrogens with zero attached hydrogens (tertiary/aromatic N) is 1. The van der Waals surface area contributed by atoms with Crippen LogP contribution in [0.3, 0.4) is 0 Å². The number of hydrogen-bond donors (Lipinski definition) is 0. The van der Waals surface area contributed by atoms with Gasteiger partial charge in [-0.3, -0.25) is 4.79 Å². The van der Waals surface area contributed by atoms with Gasteiger partial charge in [0.15, 0.2) is 0 Å². The van der Waals surface area contributed by atoms with Gasteiger partial charge in [0, 0.05) is 33.7 Å². The average Bonchev–Trinajstić information content (AvgIpc) is 2.86. The van der Waals surface area contributed by atoms with Gasteiger partial charge in [-0.15, -0.1) is 0 Å². The van der Waals surface area contributed by atoms with Crippen molar-refractivity contribution in [2.45, 2.75) is 52.4 Å². The highest BCUT2D eigenvalue weighted by Crippen LogP contribution is 2.04. The Labute approximate surface area is 112 Å². The zero-order valence-corrected chi connectivity index (χ0v) is 12.5. The van der Waals surface area contributed by atoms with E-state index >= 15 is 0 Å². The summed E-state index contributed by atoms with van der Waals surface area (Å²) in [5.41, 5.74) is 1.36. The van der Waals surface area contributed by atoms with Gasteiger partial charge in [-0.1, -0.05) is 11.6 Å². The van der Waals surface area contributed by atoms with E-state index in [-0.39, 0.29) is 5.91 Å². The maximum absolute atomic E-state index is 11.2. The lowest BCUT2D eigenvalue weighted by Gasteiger charge is -2.08. The lowest BCUT2D eigenvalue weighted by molar-refractivity contribution is -0.128. The lowest BCUT2D eigenvalue weighted by Crippen LogP contribution is -2.20. The molecule has 1 aliphatic heterocycles. The van der Waals surface area contributed by atoms with Crippen molar-refractivity contribution in [3.8, 4) is 0 Å². The van der Waals surface area contributed by atoms with Crippen molar-refractivity contribution in [2.75, 3.05) is 27.3 Å². The Morgan fingerprint density at radius 1 is 1.17 bits per heavy atom. The Balaban J connectivity index is 0.000000473. The fraction of sp³-hybridized carbons (Fsp3) is 0.800. The molecule has 0 aromatic rings. The average molecular weight is 255 g/mol. The molecule has 0 N–H and O–H groups in total. The van der Waals surface area contributed by atoms with Crippen LogP contribution in [0.1, 0.15) is 52.4 Å². The summed E-state index contributed by atoms with van der Waals surface area (Å²) in [4.78, 5) is 12.8. The van der Waals surface area contributed by atoms with Crippen LogP contribution >= 0.6 is 0 Å². The molecule has 0 bridgehead atoms. The summed E-state index contributed by atoms with van der Waals surface area (Å²) < 4.78 is 4.94. The molecule has 0 saturated carbocycles. The van der Waals surface area contributed by atoms with Gasteiger partial charge < -0.3 is 9.64 Å². The highest BCUT2D eigenvalue weighted by molar-refractivity contribution is 5.75. The van der Waals surface area contributed by atoms with Gasteiger partial charge in [0.05, 0.1) is 0 Å². The molecule has 0 aromatic heterocycles. The minimum Gasteiger partial charge on any atom is -0.381 e. The standard InChI is InChI=1S/C11H21NO.C4H8O/c1-10(2)8-6-5-7-9-11(13)12(3)4;1-2-4-5-3-1/h8H,5-7,9H2,1-4H3;1-4H2. The molecule has 0 unspecified atom stereocenters. The maximum Gasteiger partial charge on any atom is 0.222 e. The fourth-order valence-electron chi connectivity index (χ4n) is 1.55. The van der Waals surface area contributed by atoms with E-state index in [0.717, 1.165) is 32.5 Å². The number of carbonyl (C=O) groups is 1. The summed E-state index contributed by atoms with van der Waals surface area (Å²) >= 11 is 0. The minimum absolute atomic E-state index is 0.234. The first-order valence-corrected chi connectivity index (χ1v) is 6.95. The van der Waals surface area contributed by atoms with Gasteiger partial charge in [0.1, 0.15) is 0 Å². The van der Waals surface area contributed by atoms with Gasteiger partial charge in [0.25, 0.3) is 0 Å². The summed E-state index contributed by atoms with van der Waals surface area (Å²) in [6, 6.07) is 0. The molecule has 1 saturated heterocycles. The van der Waals surface area contributed by atoms with Crippen LogP contribution in [0.4, 0.5) is 0 Å². The Bertz CT molecular complexity index is 231. The quantitative estimate of drug-likeness (QED) is 0.556. The molecule has 1 fully saturated rings. The van der Waals surface area contributed by atoms with E-state index in [0.29, 0.717) is 6.42 Å². The number of ether oxygens (including phenoxy) is 1. The van der Waals surface area contributed by atoms with E-state index in [1.165, 1.54) is 18.4 Å². The van der Waals surface area contributed by atoms with Gasteiger partial charge in [0.2, 0.25) is 5.91 Å². The second-order valence-corrected chi connectivity index (χ2v) is 5.13. The molecule has 0 radical (unpaired) electrons. The number of allylic oxidation sites excluding steroid dienone is 2. The number of hydrogen-bond acceptors (Lipinski definition) is 2. The summed E-state index contributed by atoms with van der Waals surface area (Å²) in [6.07, 6.45) is 8.68. The van der Waals surface area contributed by atoms with Crippen molar-refractivity contribution >= 4 is 5.91 Å². The highest BCUT2D eigenvalue weighted by Gasteiger charge is 2.01. The lowest BCUT2D eigenvalue weighted by atomic mass is 10.1. The molecular formula is C15H29NO2. The first kappa shape index (κ1) is 17.2. The largest absolute Gasteiger partial charge is 0.381 e. The molecule has 1 heterocycles. The van der Waals surface area contributed by atoms with Crippen molar-refractivity contribution in [1.29, 1.82) is 0 Å².